The van der Waals surface area contributed by atoms with Crippen molar-refractivity contribution in [2.24, 2.45) is 5.73 Å². The summed E-state index contributed by atoms with van der Waals surface area (Å²) in [6.07, 6.45) is 3.76. The average Bonchev–Trinajstić information content (AvgIpc) is 2.28. The second kappa shape index (κ2) is 4.15. The first-order valence-electron chi connectivity index (χ1n) is 5.64. The van der Waals surface area contributed by atoms with E-state index in [4.69, 9.17) is 5.73 Å². The molecule has 1 unspecified atom stereocenters. The van der Waals surface area contributed by atoms with Crippen LogP contribution in [-0.2, 0) is 6.42 Å². The second-order valence-electron chi connectivity index (χ2n) is 4.15. The Kier molecular flexibility index (Phi) is 2.87. The van der Waals surface area contributed by atoms with Gasteiger partial charge in [-0.05, 0) is 30.4 Å². The summed E-state index contributed by atoms with van der Waals surface area (Å²) in [5, 5.41) is 0. The van der Waals surface area contributed by atoms with Crippen molar-refractivity contribution in [1.82, 2.24) is 0 Å². The van der Waals surface area contributed by atoms with Crippen LogP contribution in [0.3, 0.4) is 0 Å². The Morgan fingerprint density at radius 2 is 2.33 bits per heavy atom. The van der Waals surface area contributed by atoms with Gasteiger partial charge in [-0.1, -0.05) is 25.1 Å². The van der Waals surface area contributed by atoms with Crippen molar-refractivity contribution >= 4 is 5.78 Å². The van der Waals surface area contributed by atoms with Gasteiger partial charge in [0.05, 0.1) is 0 Å². The maximum Gasteiger partial charge on any atom is 0.162 e. The summed E-state index contributed by atoms with van der Waals surface area (Å²) < 4.78 is 0. The zero-order valence-electron chi connectivity index (χ0n) is 9.12. The number of ketones is 1. The van der Waals surface area contributed by atoms with Crippen LogP contribution in [0.4, 0.5) is 0 Å². The summed E-state index contributed by atoms with van der Waals surface area (Å²) >= 11 is 0. The van der Waals surface area contributed by atoms with Crippen molar-refractivity contribution in [2.45, 2.75) is 38.6 Å². The molecule has 0 amide bonds. The lowest BCUT2D eigenvalue weighted by molar-refractivity contribution is 0.0986. The van der Waals surface area contributed by atoms with E-state index < -0.39 is 0 Å². The van der Waals surface area contributed by atoms with Crippen molar-refractivity contribution in [3.63, 3.8) is 0 Å². The number of aryl methyl sites for hydroxylation is 1. The van der Waals surface area contributed by atoms with Gasteiger partial charge in [-0.15, -0.1) is 0 Å². The van der Waals surface area contributed by atoms with Crippen LogP contribution in [0, 0.1) is 0 Å². The van der Waals surface area contributed by atoms with Crippen LogP contribution >= 0.6 is 0 Å². The van der Waals surface area contributed by atoms with Gasteiger partial charge in [-0.25, -0.2) is 0 Å². The molecule has 2 N–H and O–H groups in total. The Hall–Kier alpha value is -1.15. The third-order valence-corrected chi connectivity index (χ3v) is 3.15. The van der Waals surface area contributed by atoms with E-state index in [1.807, 2.05) is 19.1 Å². The van der Waals surface area contributed by atoms with Crippen LogP contribution in [0.1, 0.15) is 53.7 Å². The first kappa shape index (κ1) is 10.4. The van der Waals surface area contributed by atoms with Crippen LogP contribution in [0.2, 0.25) is 0 Å². The van der Waals surface area contributed by atoms with Gasteiger partial charge in [-0.2, -0.15) is 0 Å². The van der Waals surface area contributed by atoms with E-state index in [1.165, 1.54) is 5.56 Å². The minimum absolute atomic E-state index is 0.0560. The molecule has 1 aromatic carbocycles. The number of hydrogen-bond donors (Lipinski definition) is 1. The van der Waals surface area contributed by atoms with Crippen LogP contribution in [0.15, 0.2) is 18.2 Å². The number of fused-ring (bicyclic) bond motifs is 1. The topological polar surface area (TPSA) is 43.1 Å². The van der Waals surface area contributed by atoms with Gasteiger partial charge in [-0.3, -0.25) is 4.79 Å². The Morgan fingerprint density at radius 3 is 3.07 bits per heavy atom. The smallest absolute Gasteiger partial charge is 0.162 e. The highest BCUT2D eigenvalue weighted by Gasteiger charge is 2.22. The molecule has 0 radical (unpaired) electrons. The van der Waals surface area contributed by atoms with Crippen LogP contribution in [-0.4, -0.2) is 5.78 Å². The molecule has 2 rings (SSSR count). The molecule has 15 heavy (non-hydrogen) atoms. The van der Waals surface area contributed by atoms with Gasteiger partial charge in [0.25, 0.3) is 0 Å². The number of carbonyl (C=O) groups excluding carboxylic acids is 1. The Morgan fingerprint density at radius 1 is 1.53 bits per heavy atom. The maximum atomic E-state index is 11.8. The molecule has 0 bridgehead atoms. The Bertz CT molecular complexity index is 384. The highest BCUT2D eigenvalue weighted by atomic mass is 16.1. The lowest BCUT2D eigenvalue weighted by Gasteiger charge is -2.24. The molecule has 2 nitrogen and oxygen atoms in total. The van der Waals surface area contributed by atoms with Crippen LogP contribution < -0.4 is 5.73 Å². The summed E-state index contributed by atoms with van der Waals surface area (Å²) in [5.74, 6) is 0.212. The number of nitrogens with two attached hydrogens (primary N) is 1. The molecule has 0 saturated heterocycles. The van der Waals surface area contributed by atoms with Crippen LogP contribution in [0.25, 0.3) is 0 Å². The van der Waals surface area contributed by atoms with E-state index in [-0.39, 0.29) is 11.8 Å². The molecule has 0 heterocycles. The highest BCUT2D eigenvalue weighted by Crippen LogP contribution is 2.31. The zero-order chi connectivity index (χ0) is 10.8. The summed E-state index contributed by atoms with van der Waals surface area (Å²) in [6, 6.07) is 6.04. The van der Waals surface area contributed by atoms with Crippen molar-refractivity contribution in [1.29, 1.82) is 0 Å². The molecule has 1 aliphatic rings. The molecule has 0 saturated carbocycles. The number of Topliss-reactive ketones (excluding diaryl/α,β-unsaturated/α-hetero) is 1. The van der Waals surface area contributed by atoms with Crippen LogP contribution in [0.5, 0.6) is 0 Å². The molecular weight excluding hydrogens is 186 g/mol. The van der Waals surface area contributed by atoms with E-state index in [0.717, 1.165) is 30.4 Å². The molecule has 0 spiro atoms. The molecule has 80 valence electrons. The summed E-state index contributed by atoms with van der Waals surface area (Å²) in [4.78, 5) is 11.8. The maximum absolute atomic E-state index is 11.8. The summed E-state index contributed by atoms with van der Waals surface area (Å²) in [5.41, 5.74) is 9.32. The SMILES string of the molecule is CCC(=O)c1cccc2c1C(N)CCC2. The second-order valence-corrected chi connectivity index (χ2v) is 4.15. The van der Waals surface area contributed by atoms with Gasteiger partial charge in [0.15, 0.2) is 5.78 Å². The molecule has 0 aliphatic heterocycles. The van der Waals surface area contributed by atoms with E-state index in [1.54, 1.807) is 0 Å². The lowest BCUT2D eigenvalue weighted by atomic mass is 9.83. The first-order valence-corrected chi connectivity index (χ1v) is 5.64. The molecule has 0 fully saturated rings. The fourth-order valence-electron chi connectivity index (χ4n) is 2.36. The molecule has 0 aromatic heterocycles. The van der Waals surface area contributed by atoms with Gasteiger partial charge >= 0.3 is 0 Å². The Balaban J connectivity index is 2.51. The predicted molar refractivity (Wildman–Crippen MR) is 60.9 cm³/mol. The zero-order valence-corrected chi connectivity index (χ0v) is 9.12. The number of rotatable bonds is 2. The van der Waals surface area contributed by atoms with E-state index in [0.29, 0.717) is 6.42 Å². The fourth-order valence-corrected chi connectivity index (χ4v) is 2.36. The standard InChI is InChI=1S/C13H17NO/c1-2-12(15)10-7-3-5-9-6-4-8-11(14)13(9)10/h3,5,7,11H,2,4,6,8,14H2,1H3. The number of benzene rings is 1. The van der Waals surface area contributed by atoms with Crippen molar-refractivity contribution in [3.05, 3.63) is 34.9 Å². The van der Waals surface area contributed by atoms with Crippen molar-refractivity contribution < 1.29 is 4.79 Å². The number of carbonyl (C=O) groups is 1. The lowest BCUT2D eigenvalue weighted by Crippen LogP contribution is -2.21. The molecule has 1 aromatic rings. The van der Waals surface area contributed by atoms with Gasteiger partial charge in [0.1, 0.15) is 0 Å². The Labute approximate surface area is 90.5 Å². The van der Waals surface area contributed by atoms with Crippen molar-refractivity contribution in [2.75, 3.05) is 0 Å². The molecule has 1 atom stereocenters. The molecular formula is C13H17NO. The van der Waals surface area contributed by atoms with E-state index in [2.05, 4.69) is 6.07 Å². The largest absolute Gasteiger partial charge is 0.324 e. The quantitative estimate of drug-likeness (QED) is 0.751. The third kappa shape index (κ3) is 1.82. The molecule has 2 heteroatoms. The average molecular weight is 203 g/mol. The normalized spacial score (nSPS) is 19.7. The summed E-state index contributed by atoms with van der Waals surface area (Å²) in [7, 11) is 0. The highest BCUT2D eigenvalue weighted by molar-refractivity contribution is 5.97. The molecule has 1 aliphatic carbocycles. The van der Waals surface area contributed by atoms with E-state index >= 15 is 0 Å². The van der Waals surface area contributed by atoms with Gasteiger partial charge < -0.3 is 5.73 Å². The minimum atomic E-state index is 0.0560. The van der Waals surface area contributed by atoms with Crippen molar-refractivity contribution in [3.8, 4) is 0 Å². The van der Waals surface area contributed by atoms with E-state index in [9.17, 15) is 4.79 Å². The monoisotopic (exact) mass is 203 g/mol. The minimum Gasteiger partial charge on any atom is -0.324 e. The fraction of sp³-hybridized carbons (Fsp3) is 0.462. The van der Waals surface area contributed by atoms with Gasteiger partial charge in [0, 0.05) is 18.0 Å². The number of hydrogen-bond acceptors (Lipinski definition) is 2. The summed E-state index contributed by atoms with van der Waals surface area (Å²) in [6.45, 7) is 1.90. The third-order valence-electron chi connectivity index (χ3n) is 3.15. The predicted octanol–water partition coefficient (Wildman–Crippen LogP) is 2.62. The van der Waals surface area contributed by atoms with Gasteiger partial charge in [0.2, 0.25) is 0 Å². The first-order chi connectivity index (χ1) is 7.24.